The average Bonchev–Trinajstić information content (AvgIpc) is 2.38. The molecular weight excluding hydrogens is 311 g/mol. The van der Waals surface area contributed by atoms with Crippen LogP contribution in [0.2, 0.25) is 10.0 Å². The normalized spacial score (nSPS) is 10.0. The molecule has 0 saturated carbocycles. The van der Waals surface area contributed by atoms with Crippen LogP contribution in [0.5, 0.6) is 0 Å². The van der Waals surface area contributed by atoms with E-state index in [0.717, 1.165) is 5.56 Å². The molecule has 0 spiro atoms. The molecule has 4 nitrogen and oxygen atoms in total. The van der Waals surface area contributed by atoms with Gasteiger partial charge in [0.05, 0.1) is 15.6 Å². The molecular formula is C15H12Cl2N2O2. The van der Waals surface area contributed by atoms with Crippen molar-refractivity contribution in [1.82, 2.24) is 5.32 Å². The van der Waals surface area contributed by atoms with E-state index in [1.807, 2.05) is 13.0 Å². The smallest absolute Gasteiger partial charge is 0.308 e. The van der Waals surface area contributed by atoms with Crippen LogP contribution in [0.25, 0.3) is 0 Å². The number of imide groups is 1. The fraction of sp³-hybridized carbons (Fsp3) is 0.0667. The molecule has 0 aromatic heterocycles. The van der Waals surface area contributed by atoms with Gasteiger partial charge in [-0.3, -0.25) is 10.1 Å². The number of halogens is 2. The standard InChI is InChI=1S/C15H12Cl2N2O2/c1-9-4-2-5-10(8-9)18-15(21)19-14(20)13-11(16)6-3-7-12(13)17/h2-8H,1H3,(H2,18,19,20,21). The summed E-state index contributed by atoms with van der Waals surface area (Å²) in [7, 11) is 0. The van der Waals surface area contributed by atoms with Crippen LogP contribution in [-0.2, 0) is 0 Å². The van der Waals surface area contributed by atoms with E-state index in [1.54, 1.807) is 24.3 Å². The van der Waals surface area contributed by atoms with Gasteiger partial charge in [0.2, 0.25) is 0 Å². The zero-order valence-corrected chi connectivity index (χ0v) is 12.6. The third-order valence-electron chi connectivity index (χ3n) is 2.69. The van der Waals surface area contributed by atoms with Crippen molar-refractivity contribution < 1.29 is 9.59 Å². The average molecular weight is 323 g/mol. The number of hydrogen-bond acceptors (Lipinski definition) is 2. The Morgan fingerprint density at radius 1 is 1.00 bits per heavy atom. The molecule has 0 aliphatic carbocycles. The van der Waals surface area contributed by atoms with Gasteiger partial charge in [0.25, 0.3) is 5.91 Å². The lowest BCUT2D eigenvalue weighted by Crippen LogP contribution is -2.34. The second kappa shape index (κ2) is 6.61. The van der Waals surface area contributed by atoms with E-state index >= 15 is 0 Å². The van der Waals surface area contributed by atoms with Crippen molar-refractivity contribution in [3.63, 3.8) is 0 Å². The molecule has 2 aromatic carbocycles. The van der Waals surface area contributed by atoms with Gasteiger partial charge in [0.15, 0.2) is 0 Å². The first kappa shape index (κ1) is 15.4. The Bertz CT molecular complexity index is 682. The fourth-order valence-corrected chi connectivity index (χ4v) is 2.33. The summed E-state index contributed by atoms with van der Waals surface area (Å²) in [6.07, 6.45) is 0. The van der Waals surface area contributed by atoms with Crippen molar-refractivity contribution in [1.29, 1.82) is 0 Å². The number of amides is 3. The molecule has 0 radical (unpaired) electrons. The number of rotatable bonds is 2. The summed E-state index contributed by atoms with van der Waals surface area (Å²) in [5.41, 5.74) is 1.65. The summed E-state index contributed by atoms with van der Waals surface area (Å²) in [6.45, 7) is 1.90. The Hall–Kier alpha value is -2.04. The van der Waals surface area contributed by atoms with Crippen LogP contribution >= 0.6 is 23.2 Å². The molecule has 2 aromatic rings. The minimum Gasteiger partial charge on any atom is -0.308 e. The van der Waals surface area contributed by atoms with Gasteiger partial charge in [-0.05, 0) is 36.8 Å². The van der Waals surface area contributed by atoms with E-state index in [0.29, 0.717) is 5.69 Å². The van der Waals surface area contributed by atoms with E-state index in [1.165, 1.54) is 12.1 Å². The number of carbonyl (C=O) groups excluding carboxylic acids is 2. The molecule has 2 rings (SSSR count). The lowest BCUT2D eigenvalue weighted by Gasteiger charge is -2.09. The molecule has 21 heavy (non-hydrogen) atoms. The highest BCUT2D eigenvalue weighted by Gasteiger charge is 2.16. The van der Waals surface area contributed by atoms with Gasteiger partial charge in [0.1, 0.15) is 0 Å². The highest BCUT2D eigenvalue weighted by molar-refractivity contribution is 6.40. The molecule has 108 valence electrons. The Morgan fingerprint density at radius 3 is 2.24 bits per heavy atom. The Morgan fingerprint density at radius 2 is 1.62 bits per heavy atom. The minimum absolute atomic E-state index is 0.0697. The third-order valence-corrected chi connectivity index (χ3v) is 3.32. The SMILES string of the molecule is Cc1cccc(NC(=O)NC(=O)c2c(Cl)cccc2Cl)c1. The van der Waals surface area contributed by atoms with Crippen LogP contribution in [0.1, 0.15) is 15.9 Å². The van der Waals surface area contributed by atoms with Gasteiger partial charge in [-0.2, -0.15) is 0 Å². The lowest BCUT2D eigenvalue weighted by molar-refractivity contribution is 0.0967. The lowest BCUT2D eigenvalue weighted by atomic mass is 10.2. The Kier molecular flexibility index (Phi) is 4.83. The molecule has 6 heteroatoms. The number of aryl methyl sites for hydroxylation is 1. The predicted molar refractivity (Wildman–Crippen MR) is 84.1 cm³/mol. The van der Waals surface area contributed by atoms with Crippen LogP contribution in [0.3, 0.4) is 0 Å². The summed E-state index contributed by atoms with van der Waals surface area (Å²) in [5.74, 6) is -0.657. The maximum atomic E-state index is 12.0. The number of nitrogens with one attached hydrogen (secondary N) is 2. The zero-order valence-electron chi connectivity index (χ0n) is 11.1. The van der Waals surface area contributed by atoms with Gasteiger partial charge >= 0.3 is 6.03 Å². The summed E-state index contributed by atoms with van der Waals surface area (Å²) < 4.78 is 0. The van der Waals surface area contributed by atoms with Crippen molar-refractivity contribution in [3.05, 3.63) is 63.6 Å². The first-order valence-corrected chi connectivity index (χ1v) is 6.86. The topological polar surface area (TPSA) is 58.2 Å². The highest BCUT2D eigenvalue weighted by atomic mass is 35.5. The van der Waals surface area contributed by atoms with Gasteiger partial charge in [-0.15, -0.1) is 0 Å². The number of hydrogen-bond donors (Lipinski definition) is 2. The summed E-state index contributed by atoms with van der Waals surface area (Å²) in [6, 6.07) is 11.2. The first-order chi connectivity index (χ1) is 9.97. The Balaban J connectivity index is 2.08. The van der Waals surface area contributed by atoms with Gasteiger partial charge in [0, 0.05) is 5.69 Å². The van der Waals surface area contributed by atoms with Crippen LogP contribution in [-0.4, -0.2) is 11.9 Å². The summed E-state index contributed by atoms with van der Waals surface area (Å²) in [4.78, 5) is 23.8. The van der Waals surface area contributed by atoms with Gasteiger partial charge < -0.3 is 5.32 Å². The largest absolute Gasteiger partial charge is 0.326 e. The van der Waals surface area contributed by atoms with Gasteiger partial charge in [-0.1, -0.05) is 41.4 Å². The molecule has 0 aliphatic heterocycles. The molecule has 0 heterocycles. The van der Waals surface area contributed by atoms with Gasteiger partial charge in [-0.25, -0.2) is 4.79 Å². The van der Waals surface area contributed by atoms with E-state index in [-0.39, 0.29) is 15.6 Å². The highest BCUT2D eigenvalue weighted by Crippen LogP contribution is 2.23. The summed E-state index contributed by atoms with van der Waals surface area (Å²) >= 11 is 11.8. The van der Waals surface area contributed by atoms with Crippen LogP contribution in [0, 0.1) is 6.92 Å². The maximum absolute atomic E-state index is 12.0. The third kappa shape index (κ3) is 3.97. The second-order valence-electron chi connectivity index (χ2n) is 4.37. The number of carbonyl (C=O) groups is 2. The molecule has 0 bridgehead atoms. The Labute approximate surface area is 132 Å². The van der Waals surface area contributed by atoms with Crippen molar-refractivity contribution in [2.75, 3.05) is 5.32 Å². The number of benzene rings is 2. The predicted octanol–water partition coefficient (Wildman–Crippen LogP) is 4.26. The van der Waals surface area contributed by atoms with E-state index in [9.17, 15) is 9.59 Å². The molecule has 0 saturated heterocycles. The molecule has 3 amide bonds. The molecule has 0 fully saturated rings. The maximum Gasteiger partial charge on any atom is 0.326 e. The monoisotopic (exact) mass is 322 g/mol. The van der Waals surface area contributed by atoms with E-state index < -0.39 is 11.9 Å². The fourth-order valence-electron chi connectivity index (χ4n) is 1.77. The van der Waals surface area contributed by atoms with Crippen molar-refractivity contribution >= 4 is 40.8 Å². The minimum atomic E-state index is -0.657. The zero-order chi connectivity index (χ0) is 15.4. The first-order valence-electron chi connectivity index (χ1n) is 6.10. The van der Waals surface area contributed by atoms with Crippen LogP contribution in [0.15, 0.2) is 42.5 Å². The second-order valence-corrected chi connectivity index (χ2v) is 5.19. The van der Waals surface area contributed by atoms with Crippen LogP contribution < -0.4 is 10.6 Å². The quantitative estimate of drug-likeness (QED) is 0.867. The molecule has 2 N–H and O–H groups in total. The number of anilines is 1. The number of urea groups is 1. The van der Waals surface area contributed by atoms with Crippen LogP contribution in [0.4, 0.5) is 10.5 Å². The van der Waals surface area contributed by atoms with E-state index in [4.69, 9.17) is 23.2 Å². The van der Waals surface area contributed by atoms with Crippen molar-refractivity contribution in [3.8, 4) is 0 Å². The van der Waals surface area contributed by atoms with E-state index in [2.05, 4.69) is 10.6 Å². The molecule has 0 atom stereocenters. The molecule has 0 unspecified atom stereocenters. The van der Waals surface area contributed by atoms with Crippen molar-refractivity contribution in [2.24, 2.45) is 0 Å². The molecule has 0 aliphatic rings. The summed E-state index contributed by atoms with van der Waals surface area (Å²) in [5, 5.41) is 5.12. The van der Waals surface area contributed by atoms with Crippen molar-refractivity contribution in [2.45, 2.75) is 6.92 Å².